The van der Waals surface area contributed by atoms with E-state index in [-0.39, 0.29) is 30.6 Å². The fourth-order valence-corrected chi connectivity index (χ4v) is 4.07. The fraction of sp³-hybridized carbons (Fsp3) is 0.348. The van der Waals surface area contributed by atoms with Crippen molar-refractivity contribution in [2.75, 3.05) is 0 Å². The van der Waals surface area contributed by atoms with E-state index in [1.54, 1.807) is 18.2 Å². The van der Waals surface area contributed by atoms with Crippen LogP contribution in [0.3, 0.4) is 0 Å². The third kappa shape index (κ3) is 8.89. The number of Topliss-reactive ketones (excluding diaryl/α,β-unsaturated/α-hetero) is 1. The molecule has 0 aliphatic heterocycles. The van der Waals surface area contributed by atoms with Crippen molar-refractivity contribution < 1.29 is 37.4 Å². The van der Waals surface area contributed by atoms with E-state index in [1.165, 1.54) is 36.6 Å². The SMILES string of the molecule is C/C(=C\c1ccc(CCCC(F)(F)F)s1)C(=O)c1c(O)cc(CCC/C=C/NC(=O)O)oc1=O. The number of hydrogen-bond donors (Lipinski definition) is 3. The summed E-state index contributed by atoms with van der Waals surface area (Å²) < 4.78 is 42.0. The van der Waals surface area contributed by atoms with Crippen LogP contribution in [-0.2, 0) is 12.8 Å². The first-order valence-corrected chi connectivity index (χ1v) is 11.2. The average Bonchev–Trinajstić information content (AvgIpc) is 3.15. The molecular formula is C23H24F3NO6S. The summed E-state index contributed by atoms with van der Waals surface area (Å²) in [6.07, 6.45) is -0.351. The number of unbranched alkanes of at least 4 members (excludes halogenated alkanes) is 1. The first-order valence-electron chi connectivity index (χ1n) is 10.3. The van der Waals surface area contributed by atoms with Crippen molar-refractivity contribution in [1.82, 2.24) is 5.32 Å². The molecule has 0 aliphatic rings. The molecule has 0 unspecified atom stereocenters. The molecule has 0 radical (unpaired) electrons. The summed E-state index contributed by atoms with van der Waals surface area (Å²) >= 11 is 1.25. The van der Waals surface area contributed by atoms with E-state index in [0.717, 1.165) is 4.88 Å². The molecule has 2 aromatic rings. The second-order valence-electron chi connectivity index (χ2n) is 7.43. The lowest BCUT2D eigenvalue weighted by atomic mass is 10.0. The third-order valence-corrected chi connectivity index (χ3v) is 5.70. The number of nitrogens with one attached hydrogen (secondary N) is 1. The van der Waals surface area contributed by atoms with Crippen LogP contribution in [-0.4, -0.2) is 28.3 Å². The summed E-state index contributed by atoms with van der Waals surface area (Å²) in [4.78, 5) is 36.7. The van der Waals surface area contributed by atoms with Gasteiger partial charge in [0.25, 0.3) is 0 Å². The van der Waals surface area contributed by atoms with Gasteiger partial charge in [-0.25, -0.2) is 9.59 Å². The van der Waals surface area contributed by atoms with Crippen molar-refractivity contribution in [3.8, 4) is 5.75 Å². The lowest BCUT2D eigenvalue weighted by molar-refractivity contribution is -0.135. The van der Waals surface area contributed by atoms with Gasteiger partial charge in [-0.3, -0.25) is 10.1 Å². The zero-order chi connectivity index (χ0) is 25.3. The largest absolute Gasteiger partial charge is 0.507 e. The highest BCUT2D eigenvalue weighted by Crippen LogP contribution is 2.27. The zero-order valence-electron chi connectivity index (χ0n) is 18.3. The van der Waals surface area contributed by atoms with Crippen LogP contribution in [0.4, 0.5) is 18.0 Å². The second-order valence-corrected chi connectivity index (χ2v) is 8.63. The quantitative estimate of drug-likeness (QED) is 0.208. The molecule has 3 N–H and O–H groups in total. The maximum absolute atomic E-state index is 12.7. The Labute approximate surface area is 197 Å². The number of allylic oxidation sites excluding steroid dienone is 2. The first kappa shape index (κ1) is 26.9. The smallest absolute Gasteiger partial charge is 0.408 e. The molecule has 0 spiro atoms. The van der Waals surface area contributed by atoms with Crippen LogP contribution < -0.4 is 10.9 Å². The van der Waals surface area contributed by atoms with E-state index in [4.69, 9.17) is 9.52 Å². The number of aryl methyl sites for hydroxylation is 2. The number of amides is 1. The van der Waals surface area contributed by atoms with E-state index in [0.29, 0.717) is 17.7 Å². The van der Waals surface area contributed by atoms with Crippen LogP contribution >= 0.6 is 11.3 Å². The van der Waals surface area contributed by atoms with Crippen LogP contribution in [0.15, 0.2) is 45.3 Å². The maximum atomic E-state index is 12.7. The molecule has 0 saturated carbocycles. The minimum atomic E-state index is -4.20. The third-order valence-electron chi connectivity index (χ3n) is 4.61. The number of ketones is 1. The van der Waals surface area contributed by atoms with Gasteiger partial charge < -0.3 is 14.6 Å². The maximum Gasteiger partial charge on any atom is 0.408 e. The van der Waals surface area contributed by atoms with Crippen molar-refractivity contribution in [3.05, 3.63) is 67.5 Å². The van der Waals surface area contributed by atoms with Crippen LogP contribution in [0, 0.1) is 0 Å². The molecule has 2 rings (SSSR count). The van der Waals surface area contributed by atoms with Gasteiger partial charge in [-0.05, 0) is 56.4 Å². The second kappa shape index (κ2) is 12.2. The van der Waals surface area contributed by atoms with Crippen molar-refractivity contribution in [1.29, 1.82) is 0 Å². The normalized spacial score (nSPS) is 12.3. The number of aromatic hydroxyl groups is 1. The Morgan fingerprint density at radius 2 is 1.94 bits per heavy atom. The monoisotopic (exact) mass is 499 g/mol. The highest BCUT2D eigenvalue weighted by atomic mass is 32.1. The number of carboxylic acid groups (broad SMARTS) is 1. The Balaban J connectivity index is 2.02. The predicted molar refractivity (Wildman–Crippen MR) is 121 cm³/mol. The van der Waals surface area contributed by atoms with Gasteiger partial charge >= 0.3 is 17.9 Å². The minimum absolute atomic E-state index is 0.0259. The zero-order valence-corrected chi connectivity index (χ0v) is 19.1. The van der Waals surface area contributed by atoms with Gasteiger partial charge in [-0.1, -0.05) is 6.08 Å². The molecular weight excluding hydrogens is 475 g/mol. The predicted octanol–water partition coefficient (Wildman–Crippen LogP) is 5.68. The number of thiophene rings is 1. The number of rotatable bonds is 11. The van der Waals surface area contributed by atoms with E-state index in [1.807, 2.05) is 0 Å². The number of hydrogen-bond acceptors (Lipinski definition) is 6. The van der Waals surface area contributed by atoms with Gasteiger partial charge in [0.15, 0.2) is 5.78 Å². The summed E-state index contributed by atoms with van der Waals surface area (Å²) in [6, 6.07) is 4.57. The summed E-state index contributed by atoms with van der Waals surface area (Å²) in [6.45, 7) is 1.47. The van der Waals surface area contributed by atoms with Crippen molar-refractivity contribution in [3.63, 3.8) is 0 Å². The lowest BCUT2D eigenvalue weighted by Crippen LogP contribution is -2.16. The highest BCUT2D eigenvalue weighted by molar-refractivity contribution is 7.12. The van der Waals surface area contributed by atoms with Crippen molar-refractivity contribution in [2.45, 2.75) is 51.6 Å². The number of alkyl halides is 3. The van der Waals surface area contributed by atoms with E-state index >= 15 is 0 Å². The first-order chi connectivity index (χ1) is 16.0. The molecule has 7 nitrogen and oxygen atoms in total. The Bertz CT molecular complexity index is 1130. The van der Waals surface area contributed by atoms with Crippen molar-refractivity contribution >= 4 is 29.3 Å². The molecule has 0 bridgehead atoms. The van der Waals surface area contributed by atoms with Gasteiger partial charge in [-0.15, -0.1) is 11.3 Å². The van der Waals surface area contributed by atoms with Crippen LogP contribution in [0.25, 0.3) is 6.08 Å². The summed E-state index contributed by atoms with van der Waals surface area (Å²) in [5.41, 5.74) is -1.31. The topological polar surface area (TPSA) is 117 Å². The molecule has 34 heavy (non-hydrogen) atoms. The minimum Gasteiger partial charge on any atom is -0.507 e. The van der Waals surface area contributed by atoms with Crippen LogP contribution in [0.5, 0.6) is 5.75 Å². The highest BCUT2D eigenvalue weighted by Gasteiger charge is 2.26. The summed E-state index contributed by atoms with van der Waals surface area (Å²) in [5, 5.41) is 20.8. The number of halogens is 3. The van der Waals surface area contributed by atoms with Crippen molar-refractivity contribution in [2.24, 2.45) is 0 Å². The molecule has 0 fully saturated rings. The van der Waals surface area contributed by atoms with Gasteiger partial charge in [-0.2, -0.15) is 13.2 Å². The Hall–Kier alpha value is -3.34. The molecule has 0 aliphatic carbocycles. The van der Waals surface area contributed by atoms with Gasteiger partial charge in [0.2, 0.25) is 0 Å². The van der Waals surface area contributed by atoms with E-state index in [9.17, 15) is 32.7 Å². The number of carbonyl (C=O) groups excluding carboxylic acids is 1. The van der Waals surface area contributed by atoms with Gasteiger partial charge in [0.05, 0.1) is 0 Å². The molecule has 11 heteroatoms. The van der Waals surface area contributed by atoms with Gasteiger partial charge in [0.1, 0.15) is 17.1 Å². The molecule has 0 saturated heterocycles. The Kier molecular flexibility index (Phi) is 9.67. The van der Waals surface area contributed by atoms with E-state index in [2.05, 4.69) is 5.32 Å². The van der Waals surface area contributed by atoms with Gasteiger partial charge in [0, 0.05) is 34.9 Å². The molecule has 0 aromatic carbocycles. The molecule has 1 amide bonds. The lowest BCUT2D eigenvalue weighted by Gasteiger charge is -2.05. The fourth-order valence-electron chi connectivity index (χ4n) is 3.01. The van der Waals surface area contributed by atoms with Crippen LogP contribution in [0.2, 0.25) is 0 Å². The summed E-state index contributed by atoms with van der Waals surface area (Å²) in [5.74, 6) is -1.04. The molecule has 2 aromatic heterocycles. The molecule has 0 atom stereocenters. The Morgan fingerprint density at radius 1 is 1.21 bits per heavy atom. The van der Waals surface area contributed by atoms with E-state index < -0.39 is 41.4 Å². The average molecular weight is 500 g/mol. The molecule has 2 heterocycles. The number of carbonyl (C=O) groups is 2. The Morgan fingerprint density at radius 3 is 2.59 bits per heavy atom. The molecule has 184 valence electrons. The standard InChI is InChI=1S/C23H24F3NO6S/c1-14(12-17-9-8-16(34-17)7-5-10-23(24,25)26)20(29)19-18(28)13-15(33-21(19)30)6-3-2-4-11-27-22(31)32/h4,8-9,11-13,27-28H,2-3,5-7,10H2,1H3,(H,31,32)/b11-4+,14-12+. The van der Waals surface area contributed by atoms with Crippen LogP contribution in [0.1, 0.15) is 58.5 Å². The summed E-state index contributed by atoms with van der Waals surface area (Å²) in [7, 11) is 0.